The third-order valence-corrected chi connectivity index (χ3v) is 20.1. The van der Waals surface area contributed by atoms with Gasteiger partial charge in [-0.05, 0) is 129 Å². The number of para-hydroxylation sites is 3. The fourth-order valence-corrected chi connectivity index (χ4v) is 13.7. The van der Waals surface area contributed by atoms with Crippen LogP contribution in [0.15, 0.2) is 421 Å². The van der Waals surface area contributed by atoms with Crippen LogP contribution in [0.5, 0.6) is 51.7 Å². The van der Waals surface area contributed by atoms with Gasteiger partial charge in [-0.3, -0.25) is 4.79 Å². The molecule has 0 radical (unpaired) electrons. The van der Waals surface area contributed by atoms with E-state index in [1.54, 1.807) is 12.1 Å². The number of hydrogen-bond acceptors (Lipinski definition) is 13. The summed E-state index contributed by atoms with van der Waals surface area (Å²) < 4.78 is 75.7. The highest BCUT2D eigenvalue weighted by atomic mass is 16.5. The van der Waals surface area contributed by atoms with Gasteiger partial charge in [0.25, 0.3) is 0 Å². The molecule has 0 saturated heterocycles. The predicted molar refractivity (Wildman–Crippen MR) is 474 cm³/mol. The first-order valence-electron chi connectivity index (χ1n) is 40.4. The summed E-state index contributed by atoms with van der Waals surface area (Å²) in [6, 6.07) is 131. The van der Waals surface area contributed by atoms with Crippen LogP contribution in [0.3, 0.4) is 0 Å². The van der Waals surface area contributed by atoms with Gasteiger partial charge in [0, 0.05) is 40.7 Å². The molecule has 0 unspecified atom stereocenters. The number of allylic oxidation sites excluding steroid dienone is 2. The van der Waals surface area contributed by atoms with Crippen molar-refractivity contribution in [3.8, 4) is 63.1 Å². The molecule has 0 N–H and O–H groups in total. The van der Waals surface area contributed by atoms with Crippen LogP contribution < -0.4 is 48.1 Å². The van der Waals surface area contributed by atoms with Crippen molar-refractivity contribution in [3.05, 3.63) is 494 Å². The van der Waals surface area contributed by atoms with Gasteiger partial charge in [-0.25, -0.2) is 0 Å². The summed E-state index contributed by atoms with van der Waals surface area (Å²) in [7, 11) is 0. The average Bonchev–Trinajstić information content (AvgIpc) is 0.785. The van der Waals surface area contributed by atoms with E-state index in [4.69, 9.17) is 56.5 Å². The molecule has 13 nitrogen and oxygen atoms in total. The molecule has 18 rings (SSSR count). The molecule has 15 aromatic carbocycles. The molecule has 0 atom stereocenters. The van der Waals surface area contributed by atoms with Gasteiger partial charge in [0.05, 0.1) is 5.39 Å². The maximum Gasteiger partial charge on any atom is 0.235 e. The van der Waals surface area contributed by atoms with Crippen molar-refractivity contribution in [1.29, 1.82) is 0 Å². The molecule has 3 heterocycles. The van der Waals surface area contributed by atoms with E-state index in [1.165, 1.54) is 0 Å². The number of ether oxygens (including phenoxy) is 11. The van der Waals surface area contributed by atoms with Gasteiger partial charge >= 0.3 is 0 Å². The SMILES string of the molecule is O=c1c(OCc2ccccc2)c(-c2ccc(OCc3ccccc3)c(OCc3ccccc3)c2)oc2ccccc12.c1ccc(COC2=C(c3ccc(OCc4ccccc4)c(OCc4ccccc4)c3)Oc3ccccc3C2)cc1.c1ccc(COC2=C(c3ccc(OCc4ccccc4)c(OCc4ccccc4)c3)Oc3ccccc3C2)cc1. The van der Waals surface area contributed by atoms with Crippen molar-refractivity contribution in [2.75, 3.05) is 0 Å². The molecule has 0 aliphatic carbocycles. The second-order valence-corrected chi connectivity index (χ2v) is 28.8. The number of benzene rings is 15. The molecule has 0 amide bonds. The first kappa shape index (κ1) is 79.6. The van der Waals surface area contributed by atoms with Gasteiger partial charge in [-0.2, -0.15) is 0 Å². The zero-order valence-corrected chi connectivity index (χ0v) is 66.7. The third-order valence-electron chi connectivity index (χ3n) is 20.1. The molecule has 16 aromatic rings. The normalized spacial score (nSPS) is 11.8. The average molecular weight is 1590 g/mol. The standard InChI is InChI=1S/C36H28O5.2C36H30O4/c37-34-30-18-10-11-19-31(30)41-35(36(34)40-25-28-16-8-3-9-17-28)29-20-21-32(38-23-26-12-4-1-5-13-26)33(22-29)39-24-27-14-6-2-7-15-27;2*1-4-12-27(13-5-1)24-37-33-21-20-31(23-34(33)38-25-28-14-6-2-7-15-28)36-35(39-26-29-16-8-3-9-17-29)22-30-18-10-11-19-32(30)40-36/h1-22H,23-25H2;2*1-21,23H,22,24-26H2. The van der Waals surface area contributed by atoms with Crippen LogP contribution >= 0.6 is 0 Å². The molecule has 13 heteroatoms. The van der Waals surface area contributed by atoms with Crippen LogP contribution in [0.1, 0.15) is 72.3 Å². The van der Waals surface area contributed by atoms with Crippen LogP contribution in [0.2, 0.25) is 0 Å². The van der Waals surface area contributed by atoms with E-state index in [-0.39, 0.29) is 17.8 Å². The van der Waals surface area contributed by atoms with Crippen molar-refractivity contribution >= 4 is 22.5 Å². The summed E-state index contributed by atoms with van der Waals surface area (Å²) in [5.74, 6) is 8.87. The monoisotopic (exact) mass is 1590 g/mol. The van der Waals surface area contributed by atoms with Gasteiger partial charge < -0.3 is 56.5 Å². The summed E-state index contributed by atoms with van der Waals surface area (Å²) in [5, 5.41) is 0.461. The topological polar surface area (TPSA) is 132 Å². The van der Waals surface area contributed by atoms with E-state index < -0.39 is 0 Å². The quantitative estimate of drug-likeness (QED) is 0.0423. The molecule has 0 saturated carbocycles. The Labute approximate surface area is 704 Å². The van der Waals surface area contributed by atoms with E-state index in [9.17, 15) is 4.79 Å². The Morgan fingerprint density at radius 2 is 0.488 bits per heavy atom. The molecule has 0 bridgehead atoms. The van der Waals surface area contributed by atoms with Crippen molar-refractivity contribution < 1.29 is 56.5 Å². The van der Waals surface area contributed by atoms with Gasteiger partial charge in [0.2, 0.25) is 11.2 Å². The Morgan fingerprint density at radius 3 is 0.818 bits per heavy atom. The summed E-state index contributed by atoms with van der Waals surface area (Å²) in [4.78, 5) is 13.6. The van der Waals surface area contributed by atoms with Gasteiger partial charge in [-0.1, -0.05) is 322 Å². The van der Waals surface area contributed by atoms with E-state index in [0.717, 1.165) is 95.3 Å². The number of hydrogen-bond donors (Lipinski definition) is 0. The minimum absolute atomic E-state index is 0.152. The molecule has 0 fully saturated rings. The lowest BCUT2D eigenvalue weighted by molar-refractivity contribution is 0.184. The first-order valence-corrected chi connectivity index (χ1v) is 40.4. The van der Waals surface area contributed by atoms with E-state index in [2.05, 4.69) is 36.4 Å². The van der Waals surface area contributed by atoms with Crippen LogP contribution in [0, 0.1) is 0 Å². The maximum atomic E-state index is 13.6. The van der Waals surface area contributed by atoms with E-state index in [0.29, 0.717) is 134 Å². The Kier molecular flexibility index (Phi) is 26.7. The maximum absolute atomic E-state index is 13.6. The Balaban J connectivity index is 0.000000135. The highest BCUT2D eigenvalue weighted by Crippen LogP contribution is 2.43. The predicted octanol–water partition coefficient (Wildman–Crippen LogP) is 24.9. The molecular formula is C108H88O13. The molecule has 2 aliphatic heterocycles. The summed E-state index contributed by atoms with van der Waals surface area (Å²) in [5.41, 5.74) is 14.4. The van der Waals surface area contributed by atoms with Gasteiger partial charge in [-0.15, -0.1) is 0 Å². The Bertz CT molecular complexity index is 5910. The molecule has 2 aliphatic rings. The molecule has 0 spiro atoms. The Morgan fingerprint density at radius 1 is 0.231 bits per heavy atom. The molecule has 121 heavy (non-hydrogen) atoms. The fourth-order valence-electron chi connectivity index (χ4n) is 13.7. The minimum Gasteiger partial charge on any atom is -0.489 e. The third kappa shape index (κ3) is 21.7. The summed E-state index contributed by atoms with van der Waals surface area (Å²) >= 11 is 0. The second kappa shape index (κ2) is 40.6. The zero-order valence-electron chi connectivity index (χ0n) is 66.7. The number of rotatable bonds is 30. The van der Waals surface area contributed by atoms with Crippen LogP contribution in [-0.4, -0.2) is 0 Å². The smallest absolute Gasteiger partial charge is 0.235 e. The minimum atomic E-state index is -0.228. The van der Waals surface area contributed by atoms with Crippen LogP contribution in [0.4, 0.5) is 0 Å². The molecular weight excluding hydrogens is 1510 g/mol. The van der Waals surface area contributed by atoms with Crippen molar-refractivity contribution in [2.45, 2.75) is 72.3 Å². The lowest BCUT2D eigenvalue weighted by atomic mass is 10.0. The van der Waals surface area contributed by atoms with E-state index in [1.807, 2.05) is 352 Å². The van der Waals surface area contributed by atoms with Crippen LogP contribution in [0.25, 0.3) is 33.8 Å². The summed E-state index contributed by atoms with van der Waals surface area (Å²) in [6.07, 6.45) is 1.29. The van der Waals surface area contributed by atoms with Gasteiger partial charge in [0.15, 0.2) is 51.8 Å². The van der Waals surface area contributed by atoms with E-state index >= 15 is 0 Å². The number of fused-ring (bicyclic) bond motifs is 3. The molecule has 1 aromatic heterocycles. The highest BCUT2D eigenvalue weighted by Gasteiger charge is 2.27. The second-order valence-electron chi connectivity index (χ2n) is 28.8. The zero-order chi connectivity index (χ0) is 81.8. The largest absolute Gasteiger partial charge is 0.489 e. The summed E-state index contributed by atoms with van der Waals surface area (Å²) in [6.45, 7) is 3.62. The fraction of sp³-hybridized carbons (Fsp3) is 0.102. The lowest BCUT2D eigenvalue weighted by Gasteiger charge is -2.24. The Hall–Kier alpha value is -15.2. The van der Waals surface area contributed by atoms with Crippen molar-refractivity contribution in [2.24, 2.45) is 0 Å². The van der Waals surface area contributed by atoms with Crippen LogP contribution in [-0.2, 0) is 81.8 Å². The van der Waals surface area contributed by atoms with Gasteiger partial charge in [0.1, 0.15) is 88.1 Å². The van der Waals surface area contributed by atoms with Crippen molar-refractivity contribution in [1.82, 2.24) is 0 Å². The molecule has 598 valence electrons. The highest BCUT2D eigenvalue weighted by molar-refractivity contribution is 5.82. The van der Waals surface area contributed by atoms with Crippen molar-refractivity contribution in [3.63, 3.8) is 0 Å². The lowest BCUT2D eigenvalue weighted by Crippen LogP contribution is -2.12. The first-order chi connectivity index (χ1) is 59.9.